The van der Waals surface area contributed by atoms with Gasteiger partial charge in [-0.3, -0.25) is 4.68 Å². The van der Waals surface area contributed by atoms with Crippen molar-refractivity contribution in [1.82, 2.24) is 15.1 Å². The van der Waals surface area contributed by atoms with Gasteiger partial charge in [0.2, 0.25) is 0 Å². The molecule has 0 spiro atoms. The third-order valence-corrected chi connectivity index (χ3v) is 3.28. The van der Waals surface area contributed by atoms with Gasteiger partial charge in [0.1, 0.15) is 18.2 Å². The molecule has 0 aliphatic heterocycles. The molecule has 1 unspecified atom stereocenters. The fourth-order valence-electron chi connectivity index (χ4n) is 1.96. The molecular formula is C15H20FN3O. The fourth-order valence-corrected chi connectivity index (χ4v) is 1.96. The van der Waals surface area contributed by atoms with Crippen molar-refractivity contribution in [2.24, 2.45) is 0 Å². The summed E-state index contributed by atoms with van der Waals surface area (Å²) >= 11 is 0. The Kier molecular flexibility index (Phi) is 4.74. The van der Waals surface area contributed by atoms with Crippen molar-refractivity contribution in [2.45, 2.75) is 33.0 Å². The zero-order valence-electron chi connectivity index (χ0n) is 12.1. The Labute approximate surface area is 118 Å². The minimum atomic E-state index is -0.295. The molecule has 5 heteroatoms. The molecule has 1 N–H and O–H groups in total. The van der Waals surface area contributed by atoms with E-state index in [-0.39, 0.29) is 11.9 Å². The van der Waals surface area contributed by atoms with Gasteiger partial charge in [0.15, 0.2) is 0 Å². The summed E-state index contributed by atoms with van der Waals surface area (Å²) in [5.41, 5.74) is 1.91. The molecule has 1 atom stereocenters. The Morgan fingerprint density at radius 3 is 2.90 bits per heavy atom. The summed E-state index contributed by atoms with van der Waals surface area (Å²) in [6.07, 6.45) is 3.70. The summed E-state index contributed by atoms with van der Waals surface area (Å²) in [7, 11) is 1.86. The zero-order valence-corrected chi connectivity index (χ0v) is 12.1. The first kappa shape index (κ1) is 14.5. The molecule has 1 aromatic carbocycles. The lowest BCUT2D eigenvalue weighted by atomic mass is 10.1. The number of nitrogens with zero attached hydrogens (tertiary/aromatic N) is 2. The number of hydrogen-bond donors (Lipinski definition) is 1. The molecule has 4 nitrogen and oxygen atoms in total. The van der Waals surface area contributed by atoms with Crippen LogP contribution in [-0.2, 0) is 13.2 Å². The van der Waals surface area contributed by atoms with Gasteiger partial charge in [-0.1, -0.05) is 6.07 Å². The van der Waals surface area contributed by atoms with Crippen molar-refractivity contribution < 1.29 is 9.13 Å². The minimum absolute atomic E-state index is 0.101. The van der Waals surface area contributed by atoms with Crippen LogP contribution in [0.2, 0.25) is 0 Å². The SMILES string of the molecule is CCn1cc(COc2cc(F)ccc2C(C)NC)cn1. The van der Waals surface area contributed by atoms with Crippen LogP contribution in [0.5, 0.6) is 5.75 Å². The van der Waals surface area contributed by atoms with E-state index in [1.165, 1.54) is 12.1 Å². The number of halogens is 1. The van der Waals surface area contributed by atoms with Gasteiger partial charge in [0, 0.05) is 36.0 Å². The van der Waals surface area contributed by atoms with E-state index in [0.29, 0.717) is 12.4 Å². The van der Waals surface area contributed by atoms with Crippen LogP contribution >= 0.6 is 0 Å². The molecule has 0 fully saturated rings. The van der Waals surface area contributed by atoms with Crippen molar-refractivity contribution in [3.8, 4) is 5.75 Å². The highest BCUT2D eigenvalue weighted by atomic mass is 19.1. The molecule has 1 heterocycles. The molecule has 20 heavy (non-hydrogen) atoms. The molecule has 0 bridgehead atoms. The van der Waals surface area contributed by atoms with E-state index in [1.54, 1.807) is 12.3 Å². The van der Waals surface area contributed by atoms with Crippen LogP contribution in [0.1, 0.15) is 31.0 Å². The summed E-state index contributed by atoms with van der Waals surface area (Å²) in [4.78, 5) is 0. The molecule has 0 aliphatic rings. The summed E-state index contributed by atoms with van der Waals surface area (Å²) in [6, 6.07) is 4.73. The van der Waals surface area contributed by atoms with Crippen LogP contribution in [0.3, 0.4) is 0 Å². The molecule has 0 aliphatic carbocycles. The standard InChI is InChI=1S/C15H20FN3O/c1-4-19-9-12(8-18-19)10-20-15-7-13(16)5-6-14(15)11(2)17-3/h5-9,11,17H,4,10H2,1-3H3. The predicted octanol–water partition coefficient (Wildman–Crippen LogP) is 2.90. The van der Waals surface area contributed by atoms with Crippen LogP contribution in [0, 0.1) is 5.82 Å². The maximum absolute atomic E-state index is 13.4. The van der Waals surface area contributed by atoms with Crippen molar-refractivity contribution in [2.75, 3.05) is 7.05 Å². The smallest absolute Gasteiger partial charge is 0.127 e. The average molecular weight is 277 g/mol. The molecule has 2 aromatic rings. The first-order chi connectivity index (χ1) is 9.63. The second kappa shape index (κ2) is 6.52. The Morgan fingerprint density at radius 1 is 1.45 bits per heavy atom. The van der Waals surface area contributed by atoms with Gasteiger partial charge >= 0.3 is 0 Å². The van der Waals surface area contributed by atoms with Crippen molar-refractivity contribution in [1.29, 1.82) is 0 Å². The second-order valence-corrected chi connectivity index (χ2v) is 4.69. The lowest BCUT2D eigenvalue weighted by molar-refractivity contribution is 0.298. The Morgan fingerprint density at radius 2 is 2.25 bits per heavy atom. The molecule has 0 saturated carbocycles. The van der Waals surface area contributed by atoms with Crippen LogP contribution in [0.4, 0.5) is 4.39 Å². The normalized spacial score (nSPS) is 12.4. The van der Waals surface area contributed by atoms with Gasteiger partial charge in [-0.2, -0.15) is 5.10 Å². The highest BCUT2D eigenvalue weighted by molar-refractivity contribution is 5.36. The minimum Gasteiger partial charge on any atom is -0.488 e. The van der Waals surface area contributed by atoms with E-state index >= 15 is 0 Å². The summed E-state index contributed by atoms with van der Waals surface area (Å²) in [5.74, 6) is 0.271. The van der Waals surface area contributed by atoms with E-state index in [1.807, 2.05) is 31.8 Å². The topological polar surface area (TPSA) is 39.1 Å². The zero-order chi connectivity index (χ0) is 14.5. The molecule has 2 rings (SSSR count). The number of nitrogens with one attached hydrogen (secondary N) is 1. The highest BCUT2D eigenvalue weighted by Crippen LogP contribution is 2.26. The van der Waals surface area contributed by atoms with Gasteiger partial charge < -0.3 is 10.1 Å². The Bertz CT molecular complexity index is 568. The molecule has 0 amide bonds. The van der Waals surface area contributed by atoms with E-state index in [2.05, 4.69) is 10.4 Å². The molecular weight excluding hydrogens is 257 g/mol. The monoisotopic (exact) mass is 277 g/mol. The van der Waals surface area contributed by atoms with Crippen LogP contribution in [-0.4, -0.2) is 16.8 Å². The van der Waals surface area contributed by atoms with Crippen molar-refractivity contribution in [3.05, 3.63) is 47.5 Å². The average Bonchev–Trinajstić information content (AvgIpc) is 2.92. The summed E-state index contributed by atoms with van der Waals surface area (Å²) < 4.78 is 21.0. The van der Waals surface area contributed by atoms with Gasteiger partial charge in [0.05, 0.1) is 6.20 Å². The first-order valence-corrected chi connectivity index (χ1v) is 6.75. The van der Waals surface area contributed by atoms with Crippen LogP contribution in [0.25, 0.3) is 0 Å². The third-order valence-electron chi connectivity index (χ3n) is 3.28. The number of benzene rings is 1. The lowest BCUT2D eigenvalue weighted by Gasteiger charge is -2.16. The second-order valence-electron chi connectivity index (χ2n) is 4.69. The number of aromatic nitrogens is 2. The van der Waals surface area contributed by atoms with Crippen molar-refractivity contribution >= 4 is 0 Å². The van der Waals surface area contributed by atoms with E-state index in [0.717, 1.165) is 17.7 Å². The first-order valence-electron chi connectivity index (χ1n) is 6.75. The number of aryl methyl sites for hydroxylation is 1. The summed E-state index contributed by atoms with van der Waals surface area (Å²) in [6.45, 7) is 5.24. The van der Waals surface area contributed by atoms with E-state index < -0.39 is 0 Å². The third kappa shape index (κ3) is 3.36. The number of hydrogen-bond acceptors (Lipinski definition) is 3. The van der Waals surface area contributed by atoms with Gasteiger partial charge in [-0.25, -0.2) is 4.39 Å². The lowest BCUT2D eigenvalue weighted by Crippen LogP contribution is -2.14. The van der Waals surface area contributed by atoms with Crippen LogP contribution in [0.15, 0.2) is 30.6 Å². The van der Waals surface area contributed by atoms with Gasteiger partial charge in [-0.05, 0) is 27.0 Å². The number of ether oxygens (including phenoxy) is 1. The molecule has 108 valence electrons. The van der Waals surface area contributed by atoms with Gasteiger partial charge in [-0.15, -0.1) is 0 Å². The van der Waals surface area contributed by atoms with E-state index in [4.69, 9.17) is 4.74 Å². The van der Waals surface area contributed by atoms with E-state index in [9.17, 15) is 4.39 Å². The quantitative estimate of drug-likeness (QED) is 0.882. The van der Waals surface area contributed by atoms with Gasteiger partial charge in [0.25, 0.3) is 0 Å². The highest BCUT2D eigenvalue weighted by Gasteiger charge is 2.11. The molecule has 1 aromatic heterocycles. The largest absolute Gasteiger partial charge is 0.488 e. The number of rotatable bonds is 6. The Balaban J connectivity index is 2.13. The maximum Gasteiger partial charge on any atom is 0.127 e. The van der Waals surface area contributed by atoms with Crippen LogP contribution < -0.4 is 10.1 Å². The Hall–Kier alpha value is -1.88. The maximum atomic E-state index is 13.4. The predicted molar refractivity (Wildman–Crippen MR) is 76.1 cm³/mol. The fraction of sp³-hybridized carbons (Fsp3) is 0.400. The molecule has 0 saturated heterocycles. The van der Waals surface area contributed by atoms with Crippen molar-refractivity contribution in [3.63, 3.8) is 0 Å². The molecule has 0 radical (unpaired) electrons. The summed E-state index contributed by atoms with van der Waals surface area (Å²) in [5, 5.41) is 7.32.